The highest BCUT2D eigenvalue weighted by Crippen LogP contribution is 2.36. The Labute approximate surface area is 192 Å². The molecule has 2 aromatic heterocycles. The summed E-state index contributed by atoms with van der Waals surface area (Å²) in [5.41, 5.74) is 1.53. The first-order valence-electron chi connectivity index (χ1n) is 11.6. The maximum Gasteiger partial charge on any atom is 0.276 e. The van der Waals surface area contributed by atoms with E-state index in [4.69, 9.17) is 9.72 Å². The number of piperidine rings is 1. The number of fused-ring (bicyclic) bond motifs is 3. The van der Waals surface area contributed by atoms with Gasteiger partial charge in [0.15, 0.2) is 0 Å². The van der Waals surface area contributed by atoms with E-state index in [9.17, 15) is 4.79 Å². The van der Waals surface area contributed by atoms with Gasteiger partial charge in [-0.2, -0.15) is 0 Å². The monoisotopic (exact) mass is 445 g/mol. The molecular weight excluding hydrogens is 418 g/mol. The molecule has 32 heavy (non-hydrogen) atoms. The molecule has 3 aromatic rings. The highest BCUT2D eigenvalue weighted by Gasteiger charge is 2.39. The second kappa shape index (κ2) is 7.75. The predicted octanol–water partition coefficient (Wildman–Crippen LogP) is 4.52. The molecule has 1 aliphatic carbocycles. The number of rotatable bonds is 3. The molecule has 3 fully saturated rings. The zero-order valence-corrected chi connectivity index (χ0v) is 19.3. The van der Waals surface area contributed by atoms with E-state index < -0.39 is 0 Å². The summed E-state index contributed by atoms with van der Waals surface area (Å²) >= 11 is 1.45. The highest BCUT2D eigenvalue weighted by molar-refractivity contribution is 7.19. The number of aryl methyl sites for hydroxylation is 1. The fourth-order valence-corrected chi connectivity index (χ4v) is 6.07. The molecular formula is C26H27N3O2S. The van der Waals surface area contributed by atoms with E-state index in [1.54, 1.807) is 4.57 Å². The fraction of sp³-hybridized carbons (Fsp3) is 0.462. The van der Waals surface area contributed by atoms with Crippen LogP contribution in [0.5, 0.6) is 5.75 Å². The lowest BCUT2D eigenvalue weighted by Gasteiger charge is -2.36. The van der Waals surface area contributed by atoms with Crippen molar-refractivity contribution in [3.8, 4) is 23.3 Å². The Kier molecular flexibility index (Phi) is 4.85. The zero-order chi connectivity index (χ0) is 21.8. The van der Waals surface area contributed by atoms with E-state index in [1.807, 2.05) is 37.3 Å². The second-order valence-electron chi connectivity index (χ2n) is 9.42. The number of thiophene rings is 1. The van der Waals surface area contributed by atoms with Crippen LogP contribution < -0.4 is 10.3 Å². The molecule has 1 unspecified atom stereocenters. The first-order valence-corrected chi connectivity index (χ1v) is 12.4. The smallest absolute Gasteiger partial charge is 0.276 e. The van der Waals surface area contributed by atoms with Crippen molar-refractivity contribution in [2.75, 3.05) is 7.05 Å². The van der Waals surface area contributed by atoms with Crippen LogP contribution in [0.15, 0.2) is 35.1 Å². The summed E-state index contributed by atoms with van der Waals surface area (Å²) in [5.74, 6) is 8.59. The van der Waals surface area contributed by atoms with Crippen molar-refractivity contribution in [1.29, 1.82) is 0 Å². The van der Waals surface area contributed by atoms with E-state index in [-0.39, 0.29) is 11.7 Å². The van der Waals surface area contributed by atoms with Crippen LogP contribution in [-0.2, 0) is 0 Å². The average molecular weight is 446 g/mol. The van der Waals surface area contributed by atoms with Crippen molar-refractivity contribution >= 4 is 21.6 Å². The molecule has 3 aliphatic rings. The largest absolute Gasteiger partial charge is 0.490 e. The van der Waals surface area contributed by atoms with Gasteiger partial charge in [0.05, 0.1) is 16.1 Å². The Balaban J connectivity index is 1.25. The zero-order valence-electron chi connectivity index (χ0n) is 18.5. The Morgan fingerprint density at radius 1 is 1.09 bits per heavy atom. The summed E-state index contributed by atoms with van der Waals surface area (Å²) in [6.07, 6.45) is 7.43. The molecule has 5 nitrogen and oxygen atoms in total. The molecule has 164 valence electrons. The van der Waals surface area contributed by atoms with E-state index in [0.29, 0.717) is 28.5 Å². The van der Waals surface area contributed by atoms with Crippen LogP contribution >= 0.6 is 11.3 Å². The second-order valence-corrected chi connectivity index (χ2v) is 10.5. The molecule has 2 bridgehead atoms. The Morgan fingerprint density at radius 2 is 1.81 bits per heavy atom. The SMILES string of the molecule is Cc1nc2cc(C#CC3CC3)sc2c(=O)n1-c1ccc(OC2C[C@H]3CC[C@@H](C2)N3C)cc1. The maximum absolute atomic E-state index is 13.3. The number of hydrogen-bond donors (Lipinski definition) is 0. The van der Waals surface area contributed by atoms with E-state index >= 15 is 0 Å². The normalized spacial score (nSPS) is 25.0. The minimum atomic E-state index is -0.0301. The lowest BCUT2D eigenvalue weighted by Crippen LogP contribution is -2.43. The first-order chi connectivity index (χ1) is 15.5. The average Bonchev–Trinajstić information content (AvgIpc) is 3.48. The van der Waals surface area contributed by atoms with Gasteiger partial charge in [-0.05, 0) is 82.8 Å². The predicted molar refractivity (Wildman–Crippen MR) is 128 cm³/mol. The molecule has 4 heterocycles. The molecule has 2 saturated heterocycles. The van der Waals surface area contributed by atoms with Gasteiger partial charge in [-0.25, -0.2) is 4.98 Å². The van der Waals surface area contributed by atoms with Gasteiger partial charge in [-0.1, -0.05) is 11.8 Å². The van der Waals surface area contributed by atoms with Crippen molar-refractivity contribution in [3.05, 3.63) is 51.4 Å². The first kappa shape index (κ1) is 20.0. The van der Waals surface area contributed by atoms with Crippen LogP contribution in [-0.4, -0.2) is 39.7 Å². The summed E-state index contributed by atoms with van der Waals surface area (Å²) in [4.78, 5) is 21.4. The topological polar surface area (TPSA) is 47.4 Å². The van der Waals surface area contributed by atoms with Crippen molar-refractivity contribution in [1.82, 2.24) is 14.5 Å². The van der Waals surface area contributed by atoms with Gasteiger partial charge in [0.25, 0.3) is 5.56 Å². The molecule has 0 radical (unpaired) electrons. The minimum Gasteiger partial charge on any atom is -0.490 e. The van der Waals surface area contributed by atoms with Crippen LogP contribution in [0.4, 0.5) is 0 Å². The summed E-state index contributed by atoms with van der Waals surface area (Å²) in [7, 11) is 2.24. The lowest BCUT2D eigenvalue weighted by molar-refractivity contribution is 0.0662. The fourth-order valence-electron chi connectivity index (χ4n) is 5.18. The third kappa shape index (κ3) is 3.64. The minimum absolute atomic E-state index is 0.0301. The lowest BCUT2D eigenvalue weighted by atomic mass is 10.0. The van der Waals surface area contributed by atoms with Gasteiger partial charge in [0, 0.05) is 18.0 Å². The number of hydrogen-bond acceptors (Lipinski definition) is 5. The molecule has 6 rings (SSSR count). The third-order valence-electron chi connectivity index (χ3n) is 7.15. The van der Waals surface area contributed by atoms with Crippen LogP contribution in [0.1, 0.15) is 49.2 Å². The van der Waals surface area contributed by atoms with Crippen molar-refractivity contribution in [2.45, 2.75) is 63.6 Å². The van der Waals surface area contributed by atoms with E-state index in [1.165, 1.54) is 37.0 Å². The Hall–Kier alpha value is -2.62. The molecule has 0 amide bonds. The number of aromatic nitrogens is 2. The third-order valence-corrected chi connectivity index (χ3v) is 8.17. The van der Waals surface area contributed by atoms with Gasteiger partial charge in [-0.3, -0.25) is 9.36 Å². The maximum atomic E-state index is 13.3. The molecule has 1 saturated carbocycles. The Morgan fingerprint density at radius 3 is 2.50 bits per heavy atom. The van der Waals surface area contributed by atoms with Crippen LogP contribution in [0.25, 0.3) is 15.9 Å². The van der Waals surface area contributed by atoms with Gasteiger partial charge < -0.3 is 9.64 Å². The van der Waals surface area contributed by atoms with Crippen LogP contribution in [0.3, 0.4) is 0 Å². The van der Waals surface area contributed by atoms with Crippen LogP contribution in [0.2, 0.25) is 0 Å². The standard InChI is InChI=1S/C26H27N3O2S/c1-16-27-24-15-23(12-5-17-3-4-17)32-25(24)26(30)29(16)18-8-10-21(11-9-18)31-22-13-19-6-7-20(14-22)28(19)2/h8-11,15,17,19-20,22H,3-4,6-7,13-14H2,1-2H3/t19-,20+,22?. The molecule has 6 heteroatoms. The van der Waals surface area contributed by atoms with E-state index in [2.05, 4.69) is 23.8 Å². The summed E-state index contributed by atoms with van der Waals surface area (Å²) in [6, 6.07) is 11.1. The van der Waals surface area contributed by atoms with Gasteiger partial charge in [0.1, 0.15) is 22.4 Å². The van der Waals surface area contributed by atoms with Gasteiger partial charge in [0.2, 0.25) is 0 Å². The molecule has 2 aliphatic heterocycles. The molecule has 0 N–H and O–H groups in total. The molecule has 3 atom stereocenters. The quantitative estimate of drug-likeness (QED) is 0.556. The van der Waals surface area contributed by atoms with E-state index in [0.717, 1.165) is 34.7 Å². The summed E-state index contributed by atoms with van der Waals surface area (Å²) in [5, 5.41) is 0. The Bertz CT molecular complexity index is 1280. The highest BCUT2D eigenvalue weighted by atomic mass is 32.1. The number of ether oxygens (including phenoxy) is 1. The summed E-state index contributed by atoms with van der Waals surface area (Å²) < 4.78 is 8.67. The van der Waals surface area contributed by atoms with Crippen molar-refractivity contribution < 1.29 is 4.74 Å². The summed E-state index contributed by atoms with van der Waals surface area (Å²) in [6.45, 7) is 1.88. The number of nitrogens with zero attached hydrogens (tertiary/aromatic N) is 3. The van der Waals surface area contributed by atoms with Crippen molar-refractivity contribution in [2.24, 2.45) is 5.92 Å². The molecule has 1 aromatic carbocycles. The number of benzene rings is 1. The van der Waals surface area contributed by atoms with Crippen LogP contribution in [0, 0.1) is 24.7 Å². The van der Waals surface area contributed by atoms with Crippen molar-refractivity contribution in [3.63, 3.8) is 0 Å². The van der Waals surface area contributed by atoms with Gasteiger partial charge >= 0.3 is 0 Å². The van der Waals surface area contributed by atoms with Gasteiger partial charge in [-0.15, -0.1) is 11.3 Å². The molecule has 0 spiro atoms.